The summed E-state index contributed by atoms with van der Waals surface area (Å²) in [6.45, 7) is 9.96. The molecule has 0 heterocycles. The van der Waals surface area contributed by atoms with Crippen LogP contribution >= 0.6 is 0 Å². The molecule has 128 valence electrons. The number of unbranched alkanes of at least 4 members (excludes halogenated alkanes) is 1. The fraction of sp³-hybridized carbons (Fsp3) is 0.867. The van der Waals surface area contributed by atoms with Gasteiger partial charge in [-0.1, -0.05) is 33.6 Å². The molecule has 0 aromatic heterocycles. The second-order valence-corrected chi connectivity index (χ2v) is 4.87. The standard InChI is InChI=1S/C12H25N5O.C3H8.2H2/c1-4-5-6-14-12(16-11-13)15-7-9-18-10-8-17(2)3;1-3-2;;/h4-10H2,1-3H3,(H2,14,15,16);3H2,1-2H3;2*1H. The molecule has 0 fully saturated rings. The summed E-state index contributed by atoms with van der Waals surface area (Å²) in [5.74, 6) is 0.530. The van der Waals surface area contributed by atoms with E-state index < -0.39 is 0 Å². The van der Waals surface area contributed by atoms with E-state index in [9.17, 15) is 0 Å². The molecule has 21 heavy (non-hydrogen) atoms. The average molecular weight is 303 g/mol. The van der Waals surface area contributed by atoms with Crippen molar-refractivity contribution >= 4 is 5.96 Å². The Bertz CT molecular complexity index is 284. The largest absolute Gasteiger partial charge is 0.378 e. The maximum Gasteiger partial charge on any atom is 0.204 e. The first kappa shape index (κ1) is 22.0. The third-order valence-electron chi connectivity index (χ3n) is 2.18. The molecule has 0 saturated heterocycles. The summed E-state index contributed by atoms with van der Waals surface area (Å²) in [5.41, 5.74) is 0. The Balaban J connectivity index is -0.000000332. The highest BCUT2D eigenvalue weighted by Crippen LogP contribution is 1.86. The van der Waals surface area contributed by atoms with Gasteiger partial charge in [0, 0.05) is 22.5 Å². The van der Waals surface area contributed by atoms with Gasteiger partial charge in [-0.15, -0.1) is 0 Å². The van der Waals surface area contributed by atoms with Gasteiger partial charge in [0.1, 0.15) is 0 Å². The summed E-state index contributed by atoms with van der Waals surface area (Å²) in [6, 6.07) is 0. The molecular weight excluding hydrogens is 266 g/mol. The summed E-state index contributed by atoms with van der Waals surface area (Å²) in [7, 11) is 4.02. The predicted octanol–water partition coefficient (Wildman–Crippen LogP) is 2.29. The molecule has 0 unspecified atom stereocenters. The Morgan fingerprint density at radius 3 is 2.48 bits per heavy atom. The summed E-state index contributed by atoms with van der Waals surface area (Å²) < 4.78 is 5.43. The Morgan fingerprint density at radius 2 is 1.95 bits per heavy atom. The fourth-order valence-corrected chi connectivity index (χ4v) is 1.13. The van der Waals surface area contributed by atoms with Gasteiger partial charge in [-0.2, -0.15) is 5.26 Å². The van der Waals surface area contributed by atoms with Gasteiger partial charge in [0.05, 0.1) is 13.2 Å². The van der Waals surface area contributed by atoms with E-state index in [0.29, 0.717) is 25.7 Å². The van der Waals surface area contributed by atoms with E-state index in [4.69, 9.17) is 10.00 Å². The summed E-state index contributed by atoms with van der Waals surface area (Å²) in [5, 5.41) is 14.2. The van der Waals surface area contributed by atoms with Crippen molar-refractivity contribution in [2.75, 3.05) is 46.9 Å². The smallest absolute Gasteiger partial charge is 0.204 e. The minimum Gasteiger partial charge on any atom is -0.378 e. The molecule has 0 aromatic rings. The molecule has 0 aliphatic heterocycles. The minimum atomic E-state index is 0. The summed E-state index contributed by atoms with van der Waals surface area (Å²) in [4.78, 5) is 6.33. The third-order valence-corrected chi connectivity index (χ3v) is 2.18. The average Bonchev–Trinajstić information content (AvgIpc) is 2.43. The minimum absolute atomic E-state index is 0. The van der Waals surface area contributed by atoms with Crippen LogP contribution in [0.5, 0.6) is 0 Å². The Morgan fingerprint density at radius 1 is 1.29 bits per heavy atom. The van der Waals surface area contributed by atoms with Crippen molar-refractivity contribution in [2.24, 2.45) is 4.99 Å². The quantitative estimate of drug-likeness (QED) is 0.225. The third kappa shape index (κ3) is 21.1. The first-order chi connectivity index (χ1) is 10.1. The van der Waals surface area contributed by atoms with Crippen LogP contribution in [0.2, 0.25) is 0 Å². The molecule has 0 atom stereocenters. The van der Waals surface area contributed by atoms with Crippen LogP contribution in [0, 0.1) is 11.5 Å². The van der Waals surface area contributed by atoms with E-state index in [0.717, 1.165) is 25.9 Å². The molecule has 0 aliphatic rings. The van der Waals surface area contributed by atoms with Crippen molar-refractivity contribution in [3.8, 4) is 6.19 Å². The molecule has 0 amide bonds. The Kier molecular flexibility index (Phi) is 19.5. The number of nitrogens with zero attached hydrogens (tertiary/aromatic N) is 3. The van der Waals surface area contributed by atoms with Crippen LogP contribution in [-0.4, -0.2) is 57.8 Å². The lowest BCUT2D eigenvalue weighted by molar-refractivity contribution is 0.122. The number of rotatable bonds is 9. The number of nitrogens with one attached hydrogen (secondary N) is 2. The van der Waals surface area contributed by atoms with Gasteiger partial charge in [-0.05, 0) is 20.5 Å². The first-order valence-electron chi connectivity index (χ1n) is 7.78. The van der Waals surface area contributed by atoms with Crippen LogP contribution < -0.4 is 10.6 Å². The van der Waals surface area contributed by atoms with Crippen molar-refractivity contribution in [1.29, 1.82) is 5.26 Å². The maximum absolute atomic E-state index is 8.58. The highest BCUT2D eigenvalue weighted by Gasteiger charge is 1.96. The van der Waals surface area contributed by atoms with Gasteiger partial charge in [0.15, 0.2) is 6.19 Å². The zero-order valence-corrected chi connectivity index (χ0v) is 14.4. The van der Waals surface area contributed by atoms with Crippen molar-refractivity contribution < 1.29 is 7.59 Å². The van der Waals surface area contributed by atoms with Crippen molar-refractivity contribution in [2.45, 2.75) is 40.0 Å². The van der Waals surface area contributed by atoms with Gasteiger partial charge in [0.2, 0.25) is 5.96 Å². The molecule has 0 radical (unpaired) electrons. The lowest BCUT2D eigenvalue weighted by Gasteiger charge is -2.11. The van der Waals surface area contributed by atoms with Crippen LogP contribution in [0.25, 0.3) is 0 Å². The summed E-state index contributed by atoms with van der Waals surface area (Å²) in [6.07, 6.45) is 5.24. The predicted molar refractivity (Wildman–Crippen MR) is 93.5 cm³/mol. The van der Waals surface area contributed by atoms with E-state index >= 15 is 0 Å². The molecule has 0 aromatic carbocycles. The molecule has 0 bridgehead atoms. The summed E-state index contributed by atoms with van der Waals surface area (Å²) >= 11 is 0. The molecule has 6 heteroatoms. The van der Waals surface area contributed by atoms with Crippen LogP contribution in [0.1, 0.15) is 42.9 Å². The number of hydrogen-bond donors (Lipinski definition) is 2. The van der Waals surface area contributed by atoms with Gasteiger partial charge in [-0.25, -0.2) is 0 Å². The van der Waals surface area contributed by atoms with Crippen LogP contribution in [0.15, 0.2) is 4.99 Å². The van der Waals surface area contributed by atoms with E-state index in [2.05, 4.69) is 41.3 Å². The molecule has 0 aliphatic carbocycles. The highest BCUT2D eigenvalue weighted by molar-refractivity contribution is 5.81. The molecule has 0 rings (SSSR count). The van der Waals surface area contributed by atoms with Crippen molar-refractivity contribution in [3.63, 3.8) is 0 Å². The number of ether oxygens (including phenoxy) is 1. The number of guanidine groups is 1. The fourth-order valence-electron chi connectivity index (χ4n) is 1.13. The molecule has 2 N–H and O–H groups in total. The first-order valence-corrected chi connectivity index (χ1v) is 7.78. The van der Waals surface area contributed by atoms with E-state index in [1.807, 2.05) is 20.3 Å². The van der Waals surface area contributed by atoms with Crippen molar-refractivity contribution in [3.05, 3.63) is 0 Å². The number of aliphatic imine (C=N–C) groups is 1. The van der Waals surface area contributed by atoms with E-state index in [1.165, 1.54) is 6.42 Å². The zero-order valence-electron chi connectivity index (χ0n) is 14.4. The van der Waals surface area contributed by atoms with Gasteiger partial charge in [-0.3, -0.25) is 10.3 Å². The van der Waals surface area contributed by atoms with Gasteiger partial charge in [0.25, 0.3) is 0 Å². The SMILES string of the molecule is CCC.CCCCN=C(NC#N)NCCOCCN(C)C.[HH].[HH]. The number of nitriles is 1. The Hall–Kier alpha value is -1.32. The zero-order chi connectivity index (χ0) is 16.3. The van der Waals surface area contributed by atoms with Gasteiger partial charge >= 0.3 is 0 Å². The molecule has 6 nitrogen and oxygen atoms in total. The lowest BCUT2D eigenvalue weighted by Crippen LogP contribution is -2.37. The van der Waals surface area contributed by atoms with Crippen molar-refractivity contribution in [1.82, 2.24) is 15.5 Å². The second kappa shape index (κ2) is 18.7. The Labute approximate surface area is 133 Å². The van der Waals surface area contributed by atoms with E-state index in [1.54, 1.807) is 0 Å². The van der Waals surface area contributed by atoms with Crippen LogP contribution in [0.3, 0.4) is 0 Å². The highest BCUT2D eigenvalue weighted by atomic mass is 16.5. The molecule has 0 spiro atoms. The second-order valence-electron chi connectivity index (χ2n) is 4.87. The molecular formula is C15H37N5O. The molecule has 0 saturated carbocycles. The maximum atomic E-state index is 8.58. The number of likely N-dealkylation sites (N-methyl/N-ethyl adjacent to an activating group) is 1. The number of hydrogen-bond acceptors (Lipinski definition) is 4. The van der Waals surface area contributed by atoms with E-state index in [-0.39, 0.29) is 2.85 Å². The van der Waals surface area contributed by atoms with Crippen LogP contribution in [0.4, 0.5) is 0 Å². The lowest BCUT2D eigenvalue weighted by atomic mass is 10.3. The normalized spacial score (nSPS) is 10.6. The van der Waals surface area contributed by atoms with Gasteiger partial charge < -0.3 is 15.0 Å². The monoisotopic (exact) mass is 303 g/mol. The topological polar surface area (TPSA) is 72.7 Å². The van der Waals surface area contributed by atoms with Crippen LogP contribution in [-0.2, 0) is 4.74 Å².